The Morgan fingerprint density at radius 2 is 0.774 bits per heavy atom. The summed E-state index contributed by atoms with van der Waals surface area (Å²) in [5.41, 5.74) is -7.09. The zero-order chi connectivity index (χ0) is 26.1. The standard InChI is InChI=1S/C9H3F18O3P/c10-1(3(13,14)31(28,29)30)2(11,12)4(15,16)5(17,18)6(19,20)7(21,22)8(23,24)9(25,26)27/h1H,(H2,28,29,30). The summed E-state index contributed by atoms with van der Waals surface area (Å²) < 4.78 is 240. The second-order valence-corrected chi connectivity index (χ2v) is 7.17. The fourth-order valence-corrected chi connectivity index (χ4v) is 1.96. The minimum Gasteiger partial charge on any atom is -0.320 e. The molecule has 22 heteroatoms. The smallest absolute Gasteiger partial charge is 0.320 e. The van der Waals surface area contributed by atoms with Gasteiger partial charge in [0.2, 0.25) is 6.17 Å². The molecule has 0 aromatic carbocycles. The van der Waals surface area contributed by atoms with Crippen LogP contribution in [0.15, 0.2) is 0 Å². The van der Waals surface area contributed by atoms with Gasteiger partial charge in [-0.1, -0.05) is 0 Å². The van der Waals surface area contributed by atoms with Crippen LogP contribution in [0, 0.1) is 0 Å². The molecular formula is C9H3F18O3P. The van der Waals surface area contributed by atoms with Crippen molar-refractivity contribution < 1.29 is 93.4 Å². The Morgan fingerprint density at radius 3 is 1.03 bits per heavy atom. The minimum absolute atomic E-state index is 6.57. The van der Waals surface area contributed by atoms with Crippen LogP contribution in [-0.2, 0) is 4.57 Å². The van der Waals surface area contributed by atoms with Gasteiger partial charge in [0.1, 0.15) is 0 Å². The van der Waals surface area contributed by atoms with Crippen LogP contribution < -0.4 is 0 Å². The molecule has 0 bridgehead atoms. The van der Waals surface area contributed by atoms with Gasteiger partial charge in [-0.05, 0) is 0 Å². The predicted molar refractivity (Wildman–Crippen MR) is 57.6 cm³/mol. The van der Waals surface area contributed by atoms with Crippen LogP contribution in [0.3, 0.4) is 0 Å². The number of hydrogen-bond acceptors (Lipinski definition) is 1. The molecule has 0 fully saturated rings. The molecule has 0 saturated carbocycles. The Morgan fingerprint density at radius 1 is 0.516 bits per heavy atom. The molecule has 0 saturated heterocycles. The summed E-state index contributed by atoms with van der Waals surface area (Å²) in [5.74, 6) is -51.6. The van der Waals surface area contributed by atoms with Crippen molar-refractivity contribution in [3.63, 3.8) is 0 Å². The molecular weight excluding hydrogens is 529 g/mol. The Hall–Kier alpha value is -1.11. The van der Waals surface area contributed by atoms with Gasteiger partial charge in [0.25, 0.3) is 0 Å². The van der Waals surface area contributed by atoms with Crippen LogP contribution in [-0.4, -0.2) is 63.3 Å². The first kappa shape index (κ1) is 29.9. The van der Waals surface area contributed by atoms with Crippen LogP contribution in [0.1, 0.15) is 0 Å². The summed E-state index contributed by atoms with van der Waals surface area (Å²) in [6.45, 7) is 0. The molecule has 3 nitrogen and oxygen atoms in total. The van der Waals surface area contributed by atoms with E-state index in [2.05, 4.69) is 0 Å². The van der Waals surface area contributed by atoms with Gasteiger partial charge >= 0.3 is 55.0 Å². The fourth-order valence-electron chi connectivity index (χ4n) is 1.50. The summed E-state index contributed by atoms with van der Waals surface area (Å²) >= 11 is 0. The molecule has 0 rings (SSSR count). The van der Waals surface area contributed by atoms with Crippen molar-refractivity contribution in [3.8, 4) is 0 Å². The molecule has 0 amide bonds. The molecule has 0 aromatic heterocycles. The molecule has 0 heterocycles. The van der Waals surface area contributed by atoms with Gasteiger partial charge in [-0.15, -0.1) is 0 Å². The van der Waals surface area contributed by atoms with Crippen molar-refractivity contribution in [2.45, 2.75) is 53.5 Å². The highest BCUT2D eigenvalue weighted by molar-refractivity contribution is 7.53. The van der Waals surface area contributed by atoms with E-state index in [1.165, 1.54) is 0 Å². The van der Waals surface area contributed by atoms with Gasteiger partial charge in [-0.25, -0.2) is 4.39 Å². The average Bonchev–Trinajstić information content (AvgIpc) is 2.50. The number of rotatable bonds is 8. The predicted octanol–water partition coefficient (Wildman–Crippen LogP) is 5.47. The SMILES string of the molecule is O=P(O)(O)C(F)(F)C(F)C(F)(F)C(F)(F)C(F)(F)C(F)(F)C(F)(F)C(F)(F)C(F)(F)F. The van der Waals surface area contributed by atoms with E-state index in [1.807, 2.05) is 0 Å². The number of halogens is 18. The van der Waals surface area contributed by atoms with Crippen molar-refractivity contribution in [1.29, 1.82) is 0 Å². The first-order valence-electron chi connectivity index (χ1n) is 6.31. The van der Waals surface area contributed by atoms with E-state index in [4.69, 9.17) is 9.79 Å². The van der Waals surface area contributed by atoms with Crippen molar-refractivity contribution in [1.82, 2.24) is 0 Å². The van der Waals surface area contributed by atoms with Gasteiger partial charge in [-0.3, -0.25) is 4.57 Å². The minimum atomic E-state index is -8.86. The average molecular weight is 532 g/mol. The van der Waals surface area contributed by atoms with Crippen molar-refractivity contribution >= 4 is 7.60 Å². The topological polar surface area (TPSA) is 57.5 Å². The molecule has 0 aliphatic carbocycles. The Kier molecular flexibility index (Phi) is 6.94. The monoisotopic (exact) mass is 532 g/mol. The Balaban J connectivity index is 6.81. The van der Waals surface area contributed by atoms with E-state index in [9.17, 15) is 83.6 Å². The van der Waals surface area contributed by atoms with Crippen molar-refractivity contribution in [3.05, 3.63) is 0 Å². The maximum atomic E-state index is 13.2. The highest BCUT2D eigenvalue weighted by Gasteiger charge is 2.94. The summed E-state index contributed by atoms with van der Waals surface area (Å²) in [7, 11) is -7.64. The van der Waals surface area contributed by atoms with E-state index in [0.29, 0.717) is 0 Å². The Bertz CT molecular complexity index is 719. The maximum Gasteiger partial charge on any atom is 0.460 e. The van der Waals surface area contributed by atoms with Gasteiger partial charge in [-0.2, -0.15) is 74.6 Å². The van der Waals surface area contributed by atoms with Gasteiger partial charge < -0.3 is 9.79 Å². The number of alkyl halides is 18. The van der Waals surface area contributed by atoms with Crippen LogP contribution >= 0.6 is 7.60 Å². The number of hydrogen-bond donors (Lipinski definition) is 2. The largest absolute Gasteiger partial charge is 0.460 e. The lowest BCUT2D eigenvalue weighted by Crippen LogP contribution is -2.74. The summed E-state index contributed by atoms with van der Waals surface area (Å²) in [6, 6.07) is 0. The van der Waals surface area contributed by atoms with Crippen LogP contribution in [0.25, 0.3) is 0 Å². The van der Waals surface area contributed by atoms with Crippen LogP contribution in [0.5, 0.6) is 0 Å². The first-order valence-corrected chi connectivity index (χ1v) is 7.93. The van der Waals surface area contributed by atoms with E-state index < -0.39 is 61.1 Å². The van der Waals surface area contributed by atoms with Crippen LogP contribution in [0.2, 0.25) is 0 Å². The summed E-state index contributed by atoms with van der Waals surface area (Å²) in [6.07, 6.45) is -14.5. The maximum absolute atomic E-state index is 13.2. The molecule has 0 spiro atoms. The third-order valence-corrected chi connectivity index (χ3v) is 4.37. The molecule has 2 N–H and O–H groups in total. The fraction of sp³-hybridized carbons (Fsp3) is 1.00. The zero-order valence-electron chi connectivity index (χ0n) is 13.1. The lowest BCUT2D eigenvalue weighted by molar-refractivity contribution is -0.456. The van der Waals surface area contributed by atoms with Crippen molar-refractivity contribution in [2.24, 2.45) is 0 Å². The summed E-state index contributed by atoms with van der Waals surface area (Å²) in [5, 5.41) is 0. The van der Waals surface area contributed by atoms with Crippen molar-refractivity contribution in [2.75, 3.05) is 0 Å². The van der Waals surface area contributed by atoms with E-state index >= 15 is 0 Å². The third kappa shape index (κ3) is 3.83. The second kappa shape index (κ2) is 7.19. The molecule has 0 radical (unpaired) electrons. The lowest BCUT2D eigenvalue weighted by Gasteiger charge is -2.42. The molecule has 1 unspecified atom stereocenters. The normalized spacial score (nSPS) is 17.7. The quantitative estimate of drug-likeness (QED) is 0.322. The summed E-state index contributed by atoms with van der Waals surface area (Å²) in [4.78, 5) is 15.8. The molecule has 1 atom stereocenters. The second-order valence-electron chi connectivity index (χ2n) is 5.49. The first-order chi connectivity index (χ1) is 12.9. The molecule has 0 aliphatic heterocycles. The molecule has 0 aromatic rings. The van der Waals surface area contributed by atoms with E-state index in [1.54, 1.807) is 0 Å². The molecule has 188 valence electrons. The molecule has 31 heavy (non-hydrogen) atoms. The zero-order valence-corrected chi connectivity index (χ0v) is 14.0. The Labute approximate surface area is 156 Å². The molecule has 0 aliphatic rings. The van der Waals surface area contributed by atoms with E-state index in [-0.39, 0.29) is 0 Å². The highest BCUT2D eigenvalue weighted by atomic mass is 31.2. The lowest BCUT2D eigenvalue weighted by atomic mass is 9.89. The van der Waals surface area contributed by atoms with Gasteiger partial charge in [0.15, 0.2) is 0 Å². The highest BCUT2D eigenvalue weighted by Crippen LogP contribution is 2.65. The van der Waals surface area contributed by atoms with Crippen LogP contribution in [0.4, 0.5) is 79.0 Å². The third-order valence-electron chi connectivity index (χ3n) is 3.36. The van der Waals surface area contributed by atoms with Gasteiger partial charge in [0, 0.05) is 0 Å². The van der Waals surface area contributed by atoms with Gasteiger partial charge in [0.05, 0.1) is 0 Å². The van der Waals surface area contributed by atoms with E-state index in [0.717, 1.165) is 0 Å².